The first-order valence-electron chi connectivity index (χ1n) is 14.6. The van der Waals surface area contributed by atoms with Gasteiger partial charge in [-0.25, -0.2) is 4.39 Å². The summed E-state index contributed by atoms with van der Waals surface area (Å²) >= 11 is 0. The number of phenolic OH excluding ortho intramolecular Hbond substituents is 1. The fourth-order valence-corrected chi connectivity index (χ4v) is 6.63. The zero-order valence-corrected chi connectivity index (χ0v) is 24.1. The average Bonchev–Trinajstić information content (AvgIpc) is 3.61. The number of hydrogen-bond acceptors (Lipinski definition) is 9. The van der Waals surface area contributed by atoms with Crippen molar-refractivity contribution in [3.63, 3.8) is 0 Å². The molecule has 2 bridgehead atoms. The van der Waals surface area contributed by atoms with Crippen molar-refractivity contribution < 1.29 is 14.2 Å². The SMILES string of the molecule is CN1CCCC1.COc1nc(N2CC3CCC(CCC#N)(C2)N3)c2cnc(-c3cc(O)cc4ccccc34)c(F)c2n1. The molecule has 4 aromatic rings. The van der Waals surface area contributed by atoms with E-state index in [1.807, 2.05) is 24.3 Å². The average molecular weight is 570 g/mol. The predicted octanol–water partition coefficient (Wildman–Crippen LogP) is 5.02. The van der Waals surface area contributed by atoms with E-state index in [2.05, 4.69) is 43.2 Å². The molecule has 2 N–H and O–H groups in total. The minimum Gasteiger partial charge on any atom is -0.508 e. The number of rotatable bonds is 5. The molecule has 0 spiro atoms. The summed E-state index contributed by atoms with van der Waals surface area (Å²) in [6.07, 6.45) is 7.65. The van der Waals surface area contributed by atoms with E-state index in [-0.39, 0.29) is 34.6 Å². The van der Waals surface area contributed by atoms with Crippen LogP contribution in [0.2, 0.25) is 0 Å². The third-order valence-corrected chi connectivity index (χ3v) is 8.69. The molecule has 2 unspecified atom stereocenters. The van der Waals surface area contributed by atoms with Crippen LogP contribution in [0.5, 0.6) is 11.8 Å². The molecule has 0 amide bonds. The van der Waals surface area contributed by atoms with Crippen molar-refractivity contribution in [1.29, 1.82) is 5.26 Å². The van der Waals surface area contributed by atoms with Crippen molar-refractivity contribution in [2.24, 2.45) is 0 Å². The third-order valence-electron chi connectivity index (χ3n) is 8.69. The van der Waals surface area contributed by atoms with Crippen LogP contribution in [0.3, 0.4) is 0 Å². The van der Waals surface area contributed by atoms with E-state index in [1.54, 1.807) is 12.3 Å². The molecule has 3 aliphatic rings. The van der Waals surface area contributed by atoms with Crippen molar-refractivity contribution in [2.75, 3.05) is 45.2 Å². The molecule has 2 atom stereocenters. The van der Waals surface area contributed by atoms with E-state index in [9.17, 15) is 5.11 Å². The second-order valence-corrected chi connectivity index (χ2v) is 11.6. The number of likely N-dealkylation sites (tertiary alicyclic amines) is 1. The molecule has 0 saturated carbocycles. The van der Waals surface area contributed by atoms with Crippen molar-refractivity contribution in [1.82, 2.24) is 25.2 Å². The highest BCUT2D eigenvalue weighted by Crippen LogP contribution is 2.39. The molecule has 0 radical (unpaired) electrons. The van der Waals surface area contributed by atoms with Gasteiger partial charge in [0, 0.05) is 42.9 Å². The number of piperazine rings is 1. The first kappa shape index (κ1) is 28.1. The van der Waals surface area contributed by atoms with E-state index in [0.29, 0.717) is 36.3 Å². The van der Waals surface area contributed by atoms with Crippen LogP contribution in [-0.2, 0) is 0 Å². The van der Waals surface area contributed by atoms with Gasteiger partial charge < -0.3 is 25.0 Å². The quantitative estimate of drug-likeness (QED) is 0.342. The highest BCUT2D eigenvalue weighted by molar-refractivity contribution is 5.99. The van der Waals surface area contributed by atoms with Gasteiger partial charge in [-0.05, 0) is 75.1 Å². The number of pyridine rings is 1. The van der Waals surface area contributed by atoms with E-state index >= 15 is 4.39 Å². The number of nitrogens with one attached hydrogen (secondary N) is 1. The summed E-state index contributed by atoms with van der Waals surface area (Å²) in [6, 6.07) is 13.2. The van der Waals surface area contributed by atoms with Crippen LogP contribution in [0, 0.1) is 17.1 Å². The van der Waals surface area contributed by atoms with E-state index in [4.69, 9.17) is 10.00 Å². The molecule has 9 nitrogen and oxygen atoms in total. The van der Waals surface area contributed by atoms with Gasteiger partial charge in [-0.2, -0.15) is 15.2 Å². The number of aromatic nitrogens is 3. The normalized spacial score (nSPS) is 21.8. The number of aromatic hydroxyl groups is 1. The summed E-state index contributed by atoms with van der Waals surface area (Å²) in [5.74, 6) is 0.0118. The first-order chi connectivity index (χ1) is 20.4. The molecule has 3 saturated heterocycles. The maximum absolute atomic E-state index is 16.1. The Bertz CT molecular complexity index is 1650. The van der Waals surface area contributed by atoms with Gasteiger partial charge in [0.25, 0.3) is 0 Å². The largest absolute Gasteiger partial charge is 0.508 e. The lowest BCUT2D eigenvalue weighted by atomic mass is 9.91. The molecule has 10 heteroatoms. The monoisotopic (exact) mass is 569 g/mol. The smallest absolute Gasteiger partial charge is 0.318 e. The number of hydrogen-bond donors (Lipinski definition) is 2. The molecule has 42 heavy (non-hydrogen) atoms. The van der Waals surface area contributed by atoms with Gasteiger partial charge in [0.05, 0.1) is 18.6 Å². The highest BCUT2D eigenvalue weighted by Gasteiger charge is 2.45. The van der Waals surface area contributed by atoms with Crippen molar-refractivity contribution in [3.05, 3.63) is 48.4 Å². The zero-order valence-electron chi connectivity index (χ0n) is 24.1. The minimum atomic E-state index is -0.595. The number of benzene rings is 2. The molecule has 218 valence electrons. The lowest BCUT2D eigenvalue weighted by Gasteiger charge is -2.42. The second-order valence-electron chi connectivity index (χ2n) is 11.6. The maximum Gasteiger partial charge on any atom is 0.318 e. The summed E-state index contributed by atoms with van der Waals surface area (Å²) in [7, 11) is 3.64. The minimum absolute atomic E-state index is 0.0323. The summed E-state index contributed by atoms with van der Waals surface area (Å²) in [6.45, 7) is 4.01. The Kier molecular flexibility index (Phi) is 7.80. The highest BCUT2D eigenvalue weighted by atomic mass is 19.1. The van der Waals surface area contributed by atoms with E-state index in [0.717, 1.165) is 30.0 Å². The molecule has 2 aromatic carbocycles. The van der Waals surface area contributed by atoms with Gasteiger partial charge in [0.15, 0.2) is 5.82 Å². The summed E-state index contributed by atoms with van der Waals surface area (Å²) < 4.78 is 21.5. The number of ether oxygens (including phenoxy) is 1. The lowest BCUT2D eigenvalue weighted by molar-refractivity contribution is 0.303. The number of anilines is 1. The van der Waals surface area contributed by atoms with Crippen LogP contribution in [-0.4, -0.2) is 76.9 Å². The van der Waals surface area contributed by atoms with Crippen LogP contribution in [0.15, 0.2) is 42.6 Å². The van der Waals surface area contributed by atoms with Crippen molar-refractivity contribution in [2.45, 2.75) is 50.1 Å². The first-order valence-corrected chi connectivity index (χ1v) is 14.6. The van der Waals surface area contributed by atoms with Crippen molar-refractivity contribution >= 4 is 27.5 Å². The van der Waals surface area contributed by atoms with Crippen LogP contribution in [0.4, 0.5) is 10.2 Å². The summed E-state index contributed by atoms with van der Waals surface area (Å²) in [4.78, 5) is 18.0. The van der Waals surface area contributed by atoms with Gasteiger partial charge >= 0.3 is 6.01 Å². The van der Waals surface area contributed by atoms with Crippen LogP contribution in [0.1, 0.15) is 38.5 Å². The number of methoxy groups -OCH3 is 1. The molecular weight excluding hydrogens is 533 g/mol. The Morgan fingerprint density at radius 2 is 2.00 bits per heavy atom. The Morgan fingerprint density at radius 3 is 2.74 bits per heavy atom. The van der Waals surface area contributed by atoms with Gasteiger partial charge in [0.2, 0.25) is 0 Å². The van der Waals surface area contributed by atoms with Gasteiger partial charge in [-0.3, -0.25) is 4.98 Å². The molecule has 2 aromatic heterocycles. The van der Waals surface area contributed by atoms with Crippen LogP contribution in [0.25, 0.3) is 32.9 Å². The van der Waals surface area contributed by atoms with Gasteiger partial charge in [-0.1, -0.05) is 24.3 Å². The number of fused-ring (bicyclic) bond motifs is 4. The third kappa shape index (κ3) is 5.42. The second kappa shape index (κ2) is 11.7. The summed E-state index contributed by atoms with van der Waals surface area (Å²) in [5, 5.41) is 25.2. The Balaban J connectivity index is 0.000000470. The molecule has 3 aliphatic heterocycles. The Hall–Kier alpha value is -4.07. The fraction of sp³-hybridized carbons (Fsp3) is 0.438. The number of nitrogens with zero attached hydrogens (tertiary/aromatic N) is 6. The molecule has 7 rings (SSSR count). The van der Waals surface area contributed by atoms with Crippen LogP contribution >= 0.6 is 0 Å². The number of halogens is 1. The fourth-order valence-electron chi connectivity index (χ4n) is 6.63. The Labute approximate surface area is 245 Å². The maximum atomic E-state index is 16.1. The number of nitriles is 1. The summed E-state index contributed by atoms with van der Waals surface area (Å²) in [5.41, 5.74) is 0.536. The standard InChI is InChI=1S/C27H25FN6O2.C5H11N/c1-36-26-31-24-21(25(32-26)34-14-17-7-9-27(15-34,33-17)8-4-10-29)13-30-23(22(24)28)20-12-18(35)11-16-5-2-3-6-19(16)20;1-6-4-2-3-5-6/h2-3,5-6,11-13,17,33,35H,4,7-9,14-15H2,1H3;2-5H2,1H3. The van der Waals surface area contributed by atoms with E-state index in [1.165, 1.54) is 39.1 Å². The topological polar surface area (TPSA) is 110 Å². The predicted molar refractivity (Wildman–Crippen MR) is 161 cm³/mol. The molecule has 5 heterocycles. The molecular formula is C32H36FN7O2. The number of phenols is 1. The molecule has 3 fully saturated rings. The zero-order chi connectivity index (χ0) is 29.3. The van der Waals surface area contributed by atoms with Gasteiger partial charge in [0.1, 0.15) is 22.8 Å². The van der Waals surface area contributed by atoms with Crippen molar-refractivity contribution in [3.8, 4) is 29.1 Å². The molecule has 0 aliphatic carbocycles. The lowest BCUT2D eigenvalue weighted by Crippen LogP contribution is -2.59. The van der Waals surface area contributed by atoms with Gasteiger partial charge in [-0.15, -0.1) is 0 Å². The van der Waals surface area contributed by atoms with Crippen LogP contribution < -0.4 is 15.0 Å². The Morgan fingerprint density at radius 1 is 1.19 bits per heavy atom. The van der Waals surface area contributed by atoms with E-state index < -0.39 is 5.82 Å².